The highest BCUT2D eigenvalue weighted by Gasteiger charge is 2.14. The molecule has 0 fully saturated rings. The maximum absolute atomic E-state index is 2.64. The average molecular weight is 1030 g/mol. The lowest BCUT2D eigenvalue weighted by Crippen LogP contribution is -1.95. The summed E-state index contributed by atoms with van der Waals surface area (Å²) in [4.78, 5) is 4.92. The molecule has 0 radical (unpaired) electrons. The Morgan fingerprint density at radius 1 is 0.214 bits per heavy atom. The van der Waals surface area contributed by atoms with Gasteiger partial charge in [0, 0.05) is 14.7 Å². The van der Waals surface area contributed by atoms with Gasteiger partial charge in [0.1, 0.15) is 0 Å². The molecule has 0 atom stereocenters. The number of unbranched alkanes of at least 4 members (excludes halogenated alkanes) is 49. The Kier molecular flexibility index (Phi) is 57.1. The Morgan fingerprint density at radius 3 is 0.614 bits per heavy atom. The lowest BCUT2D eigenvalue weighted by atomic mass is 10.0. The van der Waals surface area contributed by atoms with Gasteiger partial charge in [-0.1, -0.05) is 342 Å². The van der Waals surface area contributed by atoms with Crippen molar-refractivity contribution in [2.24, 2.45) is 0 Å². The topological polar surface area (TPSA) is 0 Å². The number of aryl methyl sites for hydroxylation is 1. The second kappa shape index (κ2) is 58.5. The summed E-state index contributed by atoms with van der Waals surface area (Å²) in [5.74, 6) is 3.89. The van der Waals surface area contributed by atoms with Gasteiger partial charge in [-0.3, -0.25) is 0 Å². The van der Waals surface area contributed by atoms with E-state index in [1.807, 2.05) is 0 Å². The van der Waals surface area contributed by atoms with E-state index in [0.717, 1.165) is 0 Å². The zero-order valence-corrected chi connectivity index (χ0v) is 51.1. The molecule has 0 nitrogen and oxygen atoms in total. The SMILES string of the molecule is CCCCCCCCCCCCCCCCCCCSc1cc(CCCC)cc(SCCCCCCCCCCCCCCCCCCC)c1SCCCCCCCCCCCCCCCCCCC. The van der Waals surface area contributed by atoms with E-state index in [1.165, 1.54) is 364 Å². The monoisotopic (exact) mass is 1030 g/mol. The van der Waals surface area contributed by atoms with Crippen LogP contribution in [0.3, 0.4) is 0 Å². The molecule has 70 heavy (non-hydrogen) atoms. The second-order valence-electron chi connectivity index (χ2n) is 22.5. The van der Waals surface area contributed by atoms with Gasteiger partial charge >= 0.3 is 0 Å². The van der Waals surface area contributed by atoms with Crippen LogP contribution in [-0.2, 0) is 6.42 Å². The van der Waals surface area contributed by atoms with E-state index in [0.29, 0.717) is 0 Å². The lowest BCUT2D eigenvalue weighted by molar-refractivity contribution is 0.529. The van der Waals surface area contributed by atoms with Crippen molar-refractivity contribution in [2.45, 2.75) is 389 Å². The van der Waals surface area contributed by atoms with Crippen molar-refractivity contribution in [1.29, 1.82) is 0 Å². The van der Waals surface area contributed by atoms with E-state index in [2.05, 4.69) is 75.1 Å². The van der Waals surface area contributed by atoms with Crippen LogP contribution in [0.1, 0.15) is 374 Å². The quantitative estimate of drug-likeness (QED) is 0.0471. The fraction of sp³-hybridized carbons (Fsp3) is 0.910. The smallest absolute Gasteiger partial charge is 0.0344 e. The summed E-state index contributed by atoms with van der Waals surface area (Å²) in [7, 11) is 0. The summed E-state index contributed by atoms with van der Waals surface area (Å²) in [6, 6.07) is 5.29. The number of benzene rings is 1. The van der Waals surface area contributed by atoms with Gasteiger partial charge in [0.25, 0.3) is 0 Å². The molecule has 0 amide bonds. The van der Waals surface area contributed by atoms with E-state index in [9.17, 15) is 0 Å². The van der Waals surface area contributed by atoms with Gasteiger partial charge in [-0.2, -0.15) is 0 Å². The molecule has 0 saturated carbocycles. The summed E-state index contributed by atoms with van der Waals surface area (Å²) in [6.45, 7) is 9.33. The predicted molar refractivity (Wildman–Crippen MR) is 330 cm³/mol. The van der Waals surface area contributed by atoms with Gasteiger partial charge in [-0.15, -0.1) is 35.3 Å². The Hall–Kier alpha value is 0.270. The molecule has 0 unspecified atom stereocenters. The Morgan fingerprint density at radius 2 is 0.400 bits per heavy atom. The van der Waals surface area contributed by atoms with Crippen molar-refractivity contribution in [1.82, 2.24) is 0 Å². The highest BCUT2D eigenvalue weighted by atomic mass is 32.2. The van der Waals surface area contributed by atoms with E-state index in [4.69, 9.17) is 0 Å². The van der Waals surface area contributed by atoms with Crippen molar-refractivity contribution >= 4 is 35.3 Å². The van der Waals surface area contributed by atoms with Crippen LogP contribution >= 0.6 is 35.3 Å². The predicted octanol–water partition coefficient (Wildman–Crippen LogP) is 26.3. The van der Waals surface area contributed by atoms with Gasteiger partial charge in [0.15, 0.2) is 0 Å². The largest absolute Gasteiger partial charge is 0.125 e. The highest BCUT2D eigenvalue weighted by Crippen LogP contribution is 2.41. The van der Waals surface area contributed by atoms with Crippen LogP contribution in [0.25, 0.3) is 0 Å². The minimum absolute atomic E-state index is 1.25. The van der Waals surface area contributed by atoms with Gasteiger partial charge in [0.2, 0.25) is 0 Å². The van der Waals surface area contributed by atoms with Crippen LogP contribution in [0.4, 0.5) is 0 Å². The van der Waals surface area contributed by atoms with Crippen molar-refractivity contribution in [3.05, 3.63) is 17.7 Å². The van der Waals surface area contributed by atoms with Crippen molar-refractivity contribution in [3.8, 4) is 0 Å². The summed E-state index contributed by atoms with van der Waals surface area (Å²) >= 11 is 6.67. The summed E-state index contributed by atoms with van der Waals surface area (Å²) in [5, 5.41) is 0. The fourth-order valence-electron chi connectivity index (χ4n) is 10.5. The highest BCUT2D eigenvalue weighted by molar-refractivity contribution is 8.03. The molecular formula is C67H128S3. The number of hydrogen-bond acceptors (Lipinski definition) is 3. The summed E-state index contributed by atoms with van der Waals surface area (Å²) in [6.07, 6.45) is 78.0. The van der Waals surface area contributed by atoms with Crippen LogP contribution < -0.4 is 0 Å². The number of thioether (sulfide) groups is 3. The zero-order chi connectivity index (χ0) is 50.2. The molecule has 1 aromatic rings. The zero-order valence-electron chi connectivity index (χ0n) is 48.7. The first-order valence-electron chi connectivity index (χ1n) is 32.8. The molecule has 414 valence electrons. The normalized spacial score (nSPS) is 11.7. The molecule has 1 aromatic carbocycles. The van der Waals surface area contributed by atoms with Crippen molar-refractivity contribution in [2.75, 3.05) is 17.3 Å². The molecule has 0 spiro atoms. The molecule has 0 aromatic heterocycles. The Balaban J connectivity index is 2.48. The van der Waals surface area contributed by atoms with Gasteiger partial charge < -0.3 is 0 Å². The minimum Gasteiger partial charge on any atom is -0.125 e. The third-order valence-corrected chi connectivity index (χ3v) is 19.1. The van der Waals surface area contributed by atoms with E-state index < -0.39 is 0 Å². The molecule has 0 bridgehead atoms. The Bertz CT molecular complexity index is 1070. The van der Waals surface area contributed by atoms with E-state index >= 15 is 0 Å². The molecule has 0 heterocycles. The maximum atomic E-state index is 2.64. The van der Waals surface area contributed by atoms with E-state index in [-0.39, 0.29) is 0 Å². The first kappa shape index (κ1) is 68.3. The van der Waals surface area contributed by atoms with Gasteiger partial charge in [-0.25, -0.2) is 0 Å². The number of hydrogen-bond donors (Lipinski definition) is 0. The second-order valence-corrected chi connectivity index (χ2v) is 25.9. The van der Waals surface area contributed by atoms with Gasteiger partial charge in [0.05, 0.1) is 0 Å². The standard InChI is InChI=1S/C67H128S3/c1-5-9-13-16-19-22-25-28-31-34-37-40-43-46-49-52-55-59-68-65-62-64(58-12-8-4)63-66(69-60-56-53-50-47-44-41-38-35-32-29-26-23-20-17-14-10-6-2)67(65)70-61-57-54-51-48-45-42-39-36-33-30-27-24-21-18-15-11-7-3/h62-63H,5-61H2,1-4H3. The lowest BCUT2D eigenvalue weighted by Gasteiger charge is -2.17. The first-order chi connectivity index (χ1) is 34.8. The maximum Gasteiger partial charge on any atom is 0.0344 e. The number of rotatable bonds is 60. The average Bonchev–Trinajstić information content (AvgIpc) is 3.37. The molecule has 0 aliphatic heterocycles. The van der Waals surface area contributed by atoms with Crippen molar-refractivity contribution < 1.29 is 0 Å². The minimum atomic E-state index is 1.25. The van der Waals surface area contributed by atoms with Crippen LogP contribution in [-0.4, -0.2) is 17.3 Å². The first-order valence-corrected chi connectivity index (χ1v) is 35.8. The third-order valence-electron chi connectivity index (χ3n) is 15.4. The van der Waals surface area contributed by atoms with Crippen LogP contribution in [0.2, 0.25) is 0 Å². The molecular weight excluding hydrogens is 901 g/mol. The molecule has 0 aliphatic carbocycles. The fourth-order valence-corrected chi connectivity index (χ4v) is 14.3. The van der Waals surface area contributed by atoms with Gasteiger partial charge in [-0.05, 0) is 67.1 Å². The molecule has 0 N–H and O–H groups in total. The summed E-state index contributed by atoms with van der Waals surface area (Å²) in [5.41, 5.74) is 1.61. The summed E-state index contributed by atoms with van der Waals surface area (Å²) < 4.78 is 0. The third kappa shape index (κ3) is 47.9. The van der Waals surface area contributed by atoms with Crippen LogP contribution in [0.15, 0.2) is 26.8 Å². The molecule has 0 saturated heterocycles. The van der Waals surface area contributed by atoms with Crippen LogP contribution in [0, 0.1) is 0 Å². The van der Waals surface area contributed by atoms with Crippen LogP contribution in [0.5, 0.6) is 0 Å². The van der Waals surface area contributed by atoms with Crippen molar-refractivity contribution in [3.63, 3.8) is 0 Å². The molecule has 1 rings (SSSR count). The molecule has 0 aliphatic rings. The molecule has 3 heteroatoms. The Labute approximate surface area is 456 Å². The van der Waals surface area contributed by atoms with E-state index in [1.54, 1.807) is 20.2 Å².